The van der Waals surface area contributed by atoms with E-state index in [0.717, 1.165) is 24.2 Å². The molecule has 1 aromatic carbocycles. The Morgan fingerprint density at radius 2 is 1.95 bits per heavy atom. The van der Waals surface area contributed by atoms with Crippen LogP contribution in [0, 0.1) is 0 Å². The van der Waals surface area contributed by atoms with Crippen molar-refractivity contribution in [2.75, 3.05) is 14.2 Å². The second kappa shape index (κ2) is 6.92. The highest BCUT2D eigenvalue weighted by Gasteiger charge is 2.21. The van der Waals surface area contributed by atoms with Gasteiger partial charge in [0.1, 0.15) is 11.5 Å². The third kappa shape index (κ3) is 3.42. The van der Waals surface area contributed by atoms with Crippen molar-refractivity contribution in [3.05, 3.63) is 35.7 Å². The fraction of sp³-hybridized carbons (Fsp3) is 0.375. The number of rotatable bonds is 6. The van der Waals surface area contributed by atoms with Crippen molar-refractivity contribution in [2.45, 2.75) is 26.2 Å². The zero-order valence-electron chi connectivity index (χ0n) is 12.5. The SMILES string of the molecule is CCCCc1oc(-c2ccc(OC)cc2)nc1C(=O)OC. The summed E-state index contributed by atoms with van der Waals surface area (Å²) >= 11 is 0. The van der Waals surface area contributed by atoms with E-state index in [2.05, 4.69) is 11.9 Å². The number of nitrogens with zero attached hydrogens (tertiary/aromatic N) is 1. The average Bonchev–Trinajstić information content (AvgIpc) is 2.96. The lowest BCUT2D eigenvalue weighted by Gasteiger charge is -1.99. The minimum absolute atomic E-state index is 0.261. The smallest absolute Gasteiger partial charge is 0.360 e. The van der Waals surface area contributed by atoms with Gasteiger partial charge in [-0.05, 0) is 30.7 Å². The van der Waals surface area contributed by atoms with Gasteiger partial charge < -0.3 is 13.9 Å². The number of carbonyl (C=O) groups is 1. The number of methoxy groups -OCH3 is 2. The van der Waals surface area contributed by atoms with E-state index in [4.69, 9.17) is 13.9 Å². The molecule has 0 saturated heterocycles. The number of hydrogen-bond acceptors (Lipinski definition) is 5. The normalized spacial score (nSPS) is 10.4. The summed E-state index contributed by atoms with van der Waals surface area (Å²) in [6, 6.07) is 7.33. The van der Waals surface area contributed by atoms with Crippen LogP contribution < -0.4 is 4.74 Å². The van der Waals surface area contributed by atoms with Crippen molar-refractivity contribution in [3.63, 3.8) is 0 Å². The molecule has 21 heavy (non-hydrogen) atoms. The molecule has 5 heteroatoms. The molecular formula is C16H19NO4. The zero-order chi connectivity index (χ0) is 15.2. The summed E-state index contributed by atoms with van der Waals surface area (Å²) in [4.78, 5) is 16.1. The van der Waals surface area contributed by atoms with Gasteiger partial charge in [-0.15, -0.1) is 0 Å². The molecule has 0 amide bonds. The molecular weight excluding hydrogens is 270 g/mol. The van der Waals surface area contributed by atoms with E-state index in [1.165, 1.54) is 7.11 Å². The molecule has 0 saturated carbocycles. The van der Waals surface area contributed by atoms with Crippen LogP contribution in [0.3, 0.4) is 0 Å². The zero-order valence-corrected chi connectivity index (χ0v) is 12.5. The van der Waals surface area contributed by atoms with Gasteiger partial charge in [0.05, 0.1) is 14.2 Å². The van der Waals surface area contributed by atoms with E-state index in [-0.39, 0.29) is 5.69 Å². The highest BCUT2D eigenvalue weighted by atomic mass is 16.5. The molecule has 0 fully saturated rings. The maximum absolute atomic E-state index is 11.8. The van der Waals surface area contributed by atoms with Crippen molar-refractivity contribution in [1.82, 2.24) is 4.98 Å². The third-order valence-corrected chi connectivity index (χ3v) is 3.17. The lowest BCUT2D eigenvalue weighted by Crippen LogP contribution is -2.05. The van der Waals surface area contributed by atoms with E-state index in [9.17, 15) is 4.79 Å². The predicted octanol–water partition coefficient (Wildman–Crippen LogP) is 3.48. The van der Waals surface area contributed by atoms with E-state index < -0.39 is 5.97 Å². The number of esters is 1. The van der Waals surface area contributed by atoms with Crippen molar-refractivity contribution in [1.29, 1.82) is 0 Å². The molecule has 0 atom stereocenters. The van der Waals surface area contributed by atoms with Crippen LogP contribution in [0.15, 0.2) is 28.7 Å². The molecule has 1 heterocycles. The summed E-state index contributed by atoms with van der Waals surface area (Å²) in [5.74, 6) is 1.29. The third-order valence-electron chi connectivity index (χ3n) is 3.17. The number of unbranched alkanes of at least 4 members (excludes halogenated alkanes) is 1. The van der Waals surface area contributed by atoms with E-state index >= 15 is 0 Å². The van der Waals surface area contributed by atoms with Gasteiger partial charge in [0.2, 0.25) is 5.89 Å². The number of ether oxygens (including phenoxy) is 2. The van der Waals surface area contributed by atoms with Gasteiger partial charge in [-0.1, -0.05) is 13.3 Å². The number of hydrogen-bond donors (Lipinski definition) is 0. The summed E-state index contributed by atoms with van der Waals surface area (Å²) in [7, 11) is 2.95. The van der Waals surface area contributed by atoms with Crippen molar-refractivity contribution < 1.29 is 18.7 Å². The van der Waals surface area contributed by atoms with Crippen LogP contribution in [0.2, 0.25) is 0 Å². The summed E-state index contributed by atoms with van der Waals surface area (Å²) in [5.41, 5.74) is 1.06. The van der Waals surface area contributed by atoms with E-state index in [0.29, 0.717) is 18.1 Å². The Kier molecular flexibility index (Phi) is 4.98. The van der Waals surface area contributed by atoms with Gasteiger partial charge in [0.15, 0.2) is 5.69 Å². The molecule has 0 radical (unpaired) electrons. The Bertz CT molecular complexity index is 601. The van der Waals surface area contributed by atoms with Crippen molar-refractivity contribution in [2.24, 2.45) is 0 Å². The van der Waals surface area contributed by atoms with Crippen LogP contribution in [-0.4, -0.2) is 25.2 Å². The molecule has 0 aliphatic heterocycles. The van der Waals surface area contributed by atoms with E-state index in [1.54, 1.807) is 7.11 Å². The van der Waals surface area contributed by atoms with Crippen LogP contribution in [0.1, 0.15) is 36.0 Å². The second-order valence-electron chi connectivity index (χ2n) is 4.61. The first-order chi connectivity index (χ1) is 10.2. The van der Waals surface area contributed by atoms with Crippen LogP contribution in [0.25, 0.3) is 11.5 Å². The Labute approximate surface area is 123 Å². The first-order valence-electron chi connectivity index (χ1n) is 6.92. The van der Waals surface area contributed by atoms with Gasteiger partial charge >= 0.3 is 5.97 Å². The summed E-state index contributed by atoms with van der Waals surface area (Å²) in [6.45, 7) is 2.08. The largest absolute Gasteiger partial charge is 0.497 e. The molecule has 0 N–H and O–H groups in total. The highest BCUT2D eigenvalue weighted by molar-refractivity contribution is 5.88. The Morgan fingerprint density at radius 3 is 2.52 bits per heavy atom. The Balaban J connectivity index is 2.34. The van der Waals surface area contributed by atoms with Crippen LogP contribution in [-0.2, 0) is 11.2 Å². The monoisotopic (exact) mass is 289 g/mol. The molecule has 0 unspecified atom stereocenters. The van der Waals surface area contributed by atoms with Gasteiger partial charge in [0, 0.05) is 12.0 Å². The first-order valence-corrected chi connectivity index (χ1v) is 6.92. The molecule has 5 nitrogen and oxygen atoms in total. The topological polar surface area (TPSA) is 61.6 Å². The highest BCUT2D eigenvalue weighted by Crippen LogP contribution is 2.25. The molecule has 112 valence electrons. The molecule has 2 rings (SSSR count). The number of oxazole rings is 1. The maximum atomic E-state index is 11.8. The minimum Gasteiger partial charge on any atom is -0.497 e. The summed E-state index contributed by atoms with van der Waals surface area (Å²) < 4.78 is 15.6. The van der Waals surface area contributed by atoms with Crippen LogP contribution in [0.4, 0.5) is 0 Å². The number of benzene rings is 1. The number of aromatic nitrogens is 1. The summed E-state index contributed by atoms with van der Waals surface area (Å²) in [6.07, 6.45) is 2.62. The molecule has 0 aliphatic rings. The first kappa shape index (κ1) is 15.1. The fourth-order valence-corrected chi connectivity index (χ4v) is 1.97. The van der Waals surface area contributed by atoms with Crippen molar-refractivity contribution in [3.8, 4) is 17.2 Å². The van der Waals surface area contributed by atoms with E-state index in [1.807, 2.05) is 24.3 Å². The van der Waals surface area contributed by atoms with Gasteiger partial charge in [-0.25, -0.2) is 9.78 Å². The standard InChI is InChI=1S/C16H19NO4/c1-4-5-6-13-14(16(18)20-3)17-15(21-13)11-7-9-12(19-2)10-8-11/h7-10H,4-6H2,1-3H3. The molecule has 0 spiro atoms. The van der Waals surface area contributed by atoms with Crippen molar-refractivity contribution >= 4 is 5.97 Å². The fourth-order valence-electron chi connectivity index (χ4n) is 1.97. The Morgan fingerprint density at radius 1 is 1.24 bits per heavy atom. The molecule has 1 aromatic heterocycles. The number of carbonyl (C=O) groups excluding carboxylic acids is 1. The molecule has 2 aromatic rings. The van der Waals surface area contributed by atoms with Gasteiger partial charge in [-0.3, -0.25) is 0 Å². The van der Waals surface area contributed by atoms with Gasteiger partial charge in [-0.2, -0.15) is 0 Å². The minimum atomic E-state index is -0.468. The average molecular weight is 289 g/mol. The Hall–Kier alpha value is -2.30. The lowest BCUT2D eigenvalue weighted by atomic mass is 10.2. The summed E-state index contributed by atoms with van der Waals surface area (Å²) in [5, 5.41) is 0. The van der Waals surface area contributed by atoms with Crippen LogP contribution >= 0.6 is 0 Å². The second-order valence-corrected chi connectivity index (χ2v) is 4.61. The predicted molar refractivity (Wildman–Crippen MR) is 78.4 cm³/mol. The quantitative estimate of drug-likeness (QED) is 0.762. The number of aryl methyl sites for hydroxylation is 1. The molecule has 0 aliphatic carbocycles. The van der Waals surface area contributed by atoms with Crippen LogP contribution in [0.5, 0.6) is 5.75 Å². The van der Waals surface area contributed by atoms with Gasteiger partial charge in [0.25, 0.3) is 0 Å². The lowest BCUT2D eigenvalue weighted by molar-refractivity contribution is 0.0592. The maximum Gasteiger partial charge on any atom is 0.360 e. The molecule has 0 bridgehead atoms.